The molecule has 1 N–H and O–H groups in total. The molecule has 2 rings (SSSR count). The fourth-order valence-corrected chi connectivity index (χ4v) is 3.57. The number of hydrogen-bond donors (Lipinski definition) is 1. The highest BCUT2D eigenvalue weighted by Crippen LogP contribution is 2.39. The summed E-state index contributed by atoms with van der Waals surface area (Å²) in [5.74, 6) is 0.492. The van der Waals surface area contributed by atoms with Crippen molar-refractivity contribution in [2.45, 2.75) is 13.3 Å². The summed E-state index contributed by atoms with van der Waals surface area (Å²) in [5, 5.41) is 9.47. The van der Waals surface area contributed by atoms with Crippen molar-refractivity contribution in [3.63, 3.8) is 0 Å². The Kier molecular flexibility index (Phi) is 6.66. The van der Waals surface area contributed by atoms with Gasteiger partial charge in [0, 0.05) is 41.3 Å². The molecule has 1 aliphatic rings. The average molecular weight is 401 g/mol. The largest absolute Gasteiger partial charge is 0.478 e. The van der Waals surface area contributed by atoms with Crippen molar-refractivity contribution in [1.29, 1.82) is 0 Å². The lowest BCUT2D eigenvalue weighted by atomic mass is 10.2. The molecule has 2 atom stereocenters. The van der Waals surface area contributed by atoms with Crippen LogP contribution in [-0.2, 0) is 14.9 Å². The number of nitrogens with zero attached hydrogens (tertiary/aromatic N) is 4. The molecule has 0 amide bonds. The third-order valence-electron chi connectivity index (χ3n) is 4.80. The summed E-state index contributed by atoms with van der Waals surface area (Å²) in [4.78, 5) is 18.0. The number of carboxylic acid groups (broad SMARTS) is 1. The number of ether oxygens (including phenoxy) is 1. The molecule has 10 heteroatoms. The van der Waals surface area contributed by atoms with Gasteiger partial charge in [0.05, 0.1) is 12.2 Å². The number of aromatic nitrogens is 1. The first-order valence-electron chi connectivity index (χ1n) is 8.73. The summed E-state index contributed by atoms with van der Waals surface area (Å²) >= 11 is 0. The molecule has 1 aliphatic carbocycles. The first kappa shape index (κ1) is 21.4. The summed E-state index contributed by atoms with van der Waals surface area (Å²) in [7, 11) is 1.99. The maximum absolute atomic E-state index is 12.4. The van der Waals surface area contributed by atoms with Gasteiger partial charge in [-0.1, -0.05) is 6.92 Å². The Labute approximate surface area is 160 Å². The van der Waals surface area contributed by atoms with Gasteiger partial charge in [-0.2, -0.15) is 12.7 Å². The van der Waals surface area contributed by atoms with Crippen molar-refractivity contribution in [2.75, 3.05) is 57.2 Å². The van der Waals surface area contributed by atoms with Crippen molar-refractivity contribution in [3.05, 3.63) is 17.7 Å². The van der Waals surface area contributed by atoms with Gasteiger partial charge in [-0.3, -0.25) is 0 Å². The summed E-state index contributed by atoms with van der Waals surface area (Å²) < 4.78 is 32.1. The van der Waals surface area contributed by atoms with Crippen molar-refractivity contribution in [1.82, 2.24) is 9.29 Å². The SMILES string of the molecule is COCCN(CC1CC1C)c1cc(C(=O)O)cc(N(C)S(=O)(=O)N(C)C)n1. The van der Waals surface area contributed by atoms with Crippen LogP contribution in [0.1, 0.15) is 23.7 Å². The quantitative estimate of drug-likeness (QED) is 0.628. The van der Waals surface area contributed by atoms with Gasteiger partial charge in [-0.25, -0.2) is 14.1 Å². The van der Waals surface area contributed by atoms with Crippen LogP contribution in [0.3, 0.4) is 0 Å². The molecule has 9 nitrogen and oxygen atoms in total. The number of anilines is 2. The minimum absolute atomic E-state index is 0.0120. The Bertz CT molecular complexity index is 784. The van der Waals surface area contributed by atoms with E-state index in [9.17, 15) is 18.3 Å². The van der Waals surface area contributed by atoms with Gasteiger partial charge in [0.1, 0.15) is 11.6 Å². The second-order valence-corrected chi connectivity index (χ2v) is 9.22. The number of rotatable bonds is 10. The van der Waals surface area contributed by atoms with Gasteiger partial charge in [-0.15, -0.1) is 0 Å². The Hall–Kier alpha value is -1.91. The van der Waals surface area contributed by atoms with Crippen LogP contribution in [0.25, 0.3) is 0 Å². The van der Waals surface area contributed by atoms with Crippen molar-refractivity contribution < 1.29 is 23.1 Å². The van der Waals surface area contributed by atoms with E-state index in [1.807, 2.05) is 4.90 Å². The maximum Gasteiger partial charge on any atom is 0.335 e. The molecule has 2 unspecified atom stereocenters. The number of carbonyl (C=O) groups is 1. The van der Waals surface area contributed by atoms with Crippen molar-refractivity contribution in [2.24, 2.45) is 11.8 Å². The van der Waals surface area contributed by atoms with E-state index >= 15 is 0 Å². The summed E-state index contributed by atoms with van der Waals surface area (Å²) in [6, 6.07) is 2.74. The van der Waals surface area contributed by atoms with E-state index in [2.05, 4.69) is 11.9 Å². The van der Waals surface area contributed by atoms with Crippen LogP contribution < -0.4 is 9.21 Å². The highest BCUT2D eigenvalue weighted by molar-refractivity contribution is 7.90. The minimum atomic E-state index is -3.78. The minimum Gasteiger partial charge on any atom is -0.478 e. The number of hydrogen-bond acceptors (Lipinski definition) is 6. The Morgan fingerprint density at radius 1 is 1.30 bits per heavy atom. The van der Waals surface area contributed by atoms with Gasteiger partial charge in [-0.05, 0) is 30.4 Å². The molecule has 0 saturated heterocycles. The number of pyridine rings is 1. The lowest BCUT2D eigenvalue weighted by molar-refractivity contribution is 0.0696. The molecule has 1 fully saturated rings. The Balaban J connectivity index is 2.44. The smallest absolute Gasteiger partial charge is 0.335 e. The zero-order valence-corrected chi connectivity index (χ0v) is 17.2. The molecule has 1 aromatic rings. The van der Waals surface area contributed by atoms with Crippen LogP contribution in [-0.4, -0.2) is 76.7 Å². The second-order valence-electron chi connectivity index (χ2n) is 7.05. The van der Waals surface area contributed by atoms with E-state index in [1.54, 1.807) is 7.11 Å². The maximum atomic E-state index is 12.4. The van der Waals surface area contributed by atoms with Crippen molar-refractivity contribution >= 4 is 27.8 Å². The molecule has 1 heterocycles. The molecular weight excluding hydrogens is 372 g/mol. The molecule has 0 aliphatic heterocycles. The van der Waals surface area contributed by atoms with Gasteiger partial charge in [0.2, 0.25) is 0 Å². The standard InChI is InChI=1S/C17H28N4O5S/c1-12-8-14(12)11-21(6-7-26-5)16-10-13(17(22)23)9-15(18-16)20(4)27(24,25)19(2)3/h9-10,12,14H,6-8,11H2,1-5H3,(H,22,23). The van der Waals surface area contributed by atoms with E-state index in [4.69, 9.17) is 4.74 Å². The molecular formula is C17H28N4O5S. The third kappa shape index (κ3) is 5.08. The molecule has 0 bridgehead atoms. The number of methoxy groups -OCH3 is 1. The van der Waals surface area contributed by atoms with Crippen LogP contribution >= 0.6 is 0 Å². The van der Waals surface area contributed by atoms with E-state index in [-0.39, 0.29) is 11.4 Å². The summed E-state index contributed by atoms with van der Waals surface area (Å²) in [6.07, 6.45) is 1.11. The number of aromatic carboxylic acids is 1. The van der Waals surface area contributed by atoms with Crippen LogP contribution in [0.2, 0.25) is 0 Å². The molecule has 0 radical (unpaired) electrons. The van der Waals surface area contributed by atoms with Crippen molar-refractivity contribution in [3.8, 4) is 0 Å². The predicted molar refractivity (Wildman–Crippen MR) is 104 cm³/mol. The van der Waals surface area contributed by atoms with Gasteiger partial charge in [0.15, 0.2) is 0 Å². The second kappa shape index (κ2) is 8.41. The normalized spacial score (nSPS) is 19.2. The monoisotopic (exact) mass is 400 g/mol. The summed E-state index contributed by atoms with van der Waals surface area (Å²) in [5.41, 5.74) is -0.0120. The predicted octanol–water partition coefficient (Wildman–Crippen LogP) is 1.13. The molecule has 1 aromatic heterocycles. The lowest BCUT2D eigenvalue weighted by Crippen LogP contribution is -2.38. The fourth-order valence-electron chi connectivity index (χ4n) is 2.75. The highest BCUT2D eigenvalue weighted by Gasteiger charge is 2.34. The highest BCUT2D eigenvalue weighted by atomic mass is 32.2. The van der Waals surface area contributed by atoms with Crippen LogP contribution in [0.5, 0.6) is 0 Å². The molecule has 27 heavy (non-hydrogen) atoms. The topological polar surface area (TPSA) is 103 Å². The summed E-state index contributed by atoms with van der Waals surface area (Å²) in [6.45, 7) is 3.90. The zero-order valence-electron chi connectivity index (χ0n) is 16.4. The molecule has 0 aromatic carbocycles. The van der Waals surface area contributed by atoms with Gasteiger partial charge < -0.3 is 14.7 Å². The fraction of sp³-hybridized carbons (Fsp3) is 0.647. The van der Waals surface area contributed by atoms with Gasteiger partial charge >= 0.3 is 16.2 Å². The molecule has 0 spiro atoms. The average Bonchev–Trinajstić information content (AvgIpc) is 3.31. The van der Waals surface area contributed by atoms with Crippen LogP contribution in [0.4, 0.5) is 11.6 Å². The van der Waals surface area contributed by atoms with E-state index < -0.39 is 16.2 Å². The molecule has 1 saturated carbocycles. The Morgan fingerprint density at radius 3 is 2.37 bits per heavy atom. The number of carboxylic acids is 1. The van der Waals surface area contributed by atoms with E-state index in [1.165, 1.54) is 33.3 Å². The zero-order chi connectivity index (χ0) is 20.4. The van der Waals surface area contributed by atoms with E-state index in [0.717, 1.165) is 21.6 Å². The first-order chi connectivity index (χ1) is 12.6. The molecule has 152 valence electrons. The third-order valence-corrected chi connectivity index (χ3v) is 6.60. The Morgan fingerprint density at radius 2 is 1.89 bits per heavy atom. The van der Waals surface area contributed by atoms with E-state index in [0.29, 0.717) is 30.8 Å². The van der Waals surface area contributed by atoms with Gasteiger partial charge in [0.25, 0.3) is 0 Å². The lowest BCUT2D eigenvalue weighted by Gasteiger charge is -2.27. The van der Waals surface area contributed by atoms with Crippen LogP contribution in [0, 0.1) is 11.8 Å². The first-order valence-corrected chi connectivity index (χ1v) is 10.1. The van der Waals surface area contributed by atoms with Crippen LogP contribution in [0.15, 0.2) is 12.1 Å².